The first-order valence-electron chi connectivity index (χ1n) is 9.89. The van der Waals surface area contributed by atoms with Crippen LogP contribution in [0.25, 0.3) is 0 Å². The molecule has 2 atom stereocenters. The molecule has 0 radical (unpaired) electrons. The van der Waals surface area contributed by atoms with Crippen LogP contribution in [0.15, 0.2) is 18.2 Å². The van der Waals surface area contributed by atoms with E-state index in [1.54, 1.807) is 0 Å². The molecular weight excluding hydrogens is 296 g/mol. The van der Waals surface area contributed by atoms with E-state index in [0.29, 0.717) is 23.8 Å². The van der Waals surface area contributed by atoms with E-state index in [9.17, 15) is 5.11 Å². The van der Waals surface area contributed by atoms with Crippen LogP contribution < -0.4 is 10.6 Å². The monoisotopic (exact) mass is 330 g/mol. The van der Waals surface area contributed by atoms with Gasteiger partial charge in [0, 0.05) is 25.2 Å². The Balaban J connectivity index is 1.50. The first-order valence-corrected chi connectivity index (χ1v) is 9.89. The van der Waals surface area contributed by atoms with E-state index in [2.05, 4.69) is 30.5 Å². The average molecular weight is 331 g/mol. The summed E-state index contributed by atoms with van der Waals surface area (Å²) in [6.07, 6.45) is 9.57. The Hall–Kier alpha value is -1.06. The lowest BCUT2D eigenvalue weighted by molar-refractivity contribution is 0.258. The first kappa shape index (κ1) is 17.8. The molecule has 134 valence electrons. The summed E-state index contributed by atoms with van der Waals surface area (Å²) in [7, 11) is 0. The van der Waals surface area contributed by atoms with Crippen molar-refractivity contribution < 1.29 is 5.11 Å². The van der Waals surface area contributed by atoms with Crippen LogP contribution in [0.4, 0.5) is 0 Å². The van der Waals surface area contributed by atoms with Gasteiger partial charge in [-0.2, -0.15) is 0 Å². The molecule has 1 aliphatic carbocycles. The number of fused-ring (bicyclic) bond motifs is 1. The standard InChI is InChI=1S/C21H34N2O/c1-15(2)21(10-16-6-4-3-5-7-16)23-14-19-11-17-8-9-20(24)12-18(17)13-22-19/h8-9,12,15-16,19,21-24H,3-7,10-11,13-14H2,1-2H3/t19-,21?/m1/s1. The summed E-state index contributed by atoms with van der Waals surface area (Å²) >= 11 is 0. The third-order valence-corrected chi connectivity index (χ3v) is 5.98. The minimum Gasteiger partial charge on any atom is -0.508 e. The second kappa shape index (κ2) is 8.35. The summed E-state index contributed by atoms with van der Waals surface area (Å²) in [5, 5.41) is 17.1. The minimum absolute atomic E-state index is 0.375. The van der Waals surface area contributed by atoms with Crippen molar-refractivity contribution >= 4 is 0 Å². The van der Waals surface area contributed by atoms with Crippen LogP contribution in [0.2, 0.25) is 0 Å². The van der Waals surface area contributed by atoms with Gasteiger partial charge in [-0.25, -0.2) is 0 Å². The number of phenols is 1. The Kier molecular flexibility index (Phi) is 6.18. The van der Waals surface area contributed by atoms with Crippen LogP contribution in [0.5, 0.6) is 5.75 Å². The van der Waals surface area contributed by atoms with Crippen molar-refractivity contribution in [3.05, 3.63) is 29.3 Å². The smallest absolute Gasteiger partial charge is 0.115 e. The van der Waals surface area contributed by atoms with Crippen LogP contribution in [0.3, 0.4) is 0 Å². The predicted octanol–water partition coefficient (Wildman–Crippen LogP) is 3.99. The largest absolute Gasteiger partial charge is 0.508 e. The second-order valence-electron chi connectivity index (χ2n) is 8.23. The second-order valence-corrected chi connectivity index (χ2v) is 8.23. The molecule has 0 amide bonds. The van der Waals surface area contributed by atoms with Crippen LogP contribution in [0, 0.1) is 11.8 Å². The number of nitrogens with one attached hydrogen (secondary N) is 2. The van der Waals surface area contributed by atoms with E-state index < -0.39 is 0 Å². The van der Waals surface area contributed by atoms with Crippen molar-refractivity contribution in [1.29, 1.82) is 0 Å². The minimum atomic E-state index is 0.375. The van der Waals surface area contributed by atoms with Gasteiger partial charge in [-0.15, -0.1) is 0 Å². The third kappa shape index (κ3) is 4.73. The molecule has 3 N–H and O–H groups in total. The molecule has 0 saturated heterocycles. The molecule has 24 heavy (non-hydrogen) atoms. The number of phenolic OH excluding ortho intramolecular Hbond substituents is 1. The summed E-state index contributed by atoms with van der Waals surface area (Å²) in [6.45, 7) is 6.61. The molecule has 1 fully saturated rings. The summed E-state index contributed by atoms with van der Waals surface area (Å²) in [5.41, 5.74) is 2.63. The number of hydrogen-bond donors (Lipinski definition) is 3. The van der Waals surface area contributed by atoms with Gasteiger partial charge >= 0.3 is 0 Å². The molecule has 2 aliphatic rings. The fourth-order valence-corrected chi connectivity index (χ4v) is 4.38. The molecule has 3 nitrogen and oxygen atoms in total. The number of hydrogen-bond acceptors (Lipinski definition) is 3. The van der Waals surface area contributed by atoms with Gasteiger partial charge < -0.3 is 15.7 Å². The highest BCUT2D eigenvalue weighted by molar-refractivity contribution is 5.36. The fraction of sp³-hybridized carbons (Fsp3) is 0.714. The molecule has 3 rings (SSSR count). The van der Waals surface area contributed by atoms with Crippen LogP contribution in [0.1, 0.15) is 63.5 Å². The summed E-state index contributed by atoms with van der Waals surface area (Å²) < 4.78 is 0. The van der Waals surface area contributed by atoms with Crippen LogP contribution in [-0.4, -0.2) is 23.7 Å². The van der Waals surface area contributed by atoms with Gasteiger partial charge in [0.25, 0.3) is 0 Å². The van der Waals surface area contributed by atoms with E-state index in [1.807, 2.05) is 12.1 Å². The predicted molar refractivity (Wildman–Crippen MR) is 100 cm³/mol. The highest BCUT2D eigenvalue weighted by Gasteiger charge is 2.23. The van der Waals surface area contributed by atoms with Crippen molar-refractivity contribution in [2.24, 2.45) is 11.8 Å². The highest BCUT2D eigenvalue weighted by Crippen LogP contribution is 2.29. The molecule has 1 saturated carbocycles. The van der Waals surface area contributed by atoms with Gasteiger partial charge in [-0.1, -0.05) is 52.0 Å². The molecule has 0 bridgehead atoms. The lowest BCUT2D eigenvalue weighted by atomic mass is 9.82. The molecule has 1 aliphatic heterocycles. The molecule has 1 unspecified atom stereocenters. The van der Waals surface area contributed by atoms with E-state index in [0.717, 1.165) is 25.4 Å². The van der Waals surface area contributed by atoms with Gasteiger partial charge in [0.1, 0.15) is 5.75 Å². The van der Waals surface area contributed by atoms with E-state index in [4.69, 9.17) is 0 Å². The SMILES string of the molecule is CC(C)C(CC1CCCCC1)NC[C@H]1Cc2ccc(O)cc2CN1. The molecule has 1 aromatic carbocycles. The molecular formula is C21H34N2O. The van der Waals surface area contributed by atoms with E-state index in [1.165, 1.54) is 49.7 Å². The highest BCUT2D eigenvalue weighted by atomic mass is 16.3. The zero-order valence-corrected chi connectivity index (χ0v) is 15.4. The summed E-state index contributed by atoms with van der Waals surface area (Å²) in [5.74, 6) is 2.00. The van der Waals surface area contributed by atoms with Crippen molar-refractivity contribution in [1.82, 2.24) is 10.6 Å². The lowest BCUT2D eigenvalue weighted by Gasteiger charge is -2.32. The summed E-state index contributed by atoms with van der Waals surface area (Å²) in [6, 6.07) is 6.92. The van der Waals surface area contributed by atoms with Crippen molar-refractivity contribution in [3.63, 3.8) is 0 Å². The fourth-order valence-electron chi connectivity index (χ4n) is 4.38. The van der Waals surface area contributed by atoms with Gasteiger partial charge in [-0.3, -0.25) is 0 Å². The van der Waals surface area contributed by atoms with Gasteiger partial charge in [0.15, 0.2) is 0 Å². The zero-order chi connectivity index (χ0) is 16.9. The normalized spacial score (nSPS) is 23.2. The Morgan fingerprint density at radius 1 is 1.17 bits per heavy atom. The quantitative estimate of drug-likeness (QED) is 0.739. The molecule has 0 spiro atoms. The Bertz CT molecular complexity index is 523. The molecule has 1 heterocycles. The maximum Gasteiger partial charge on any atom is 0.115 e. The number of rotatable bonds is 6. The summed E-state index contributed by atoms with van der Waals surface area (Å²) in [4.78, 5) is 0. The first-order chi connectivity index (χ1) is 11.6. The van der Waals surface area contributed by atoms with Crippen molar-refractivity contribution in [2.75, 3.05) is 6.54 Å². The van der Waals surface area contributed by atoms with E-state index >= 15 is 0 Å². The van der Waals surface area contributed by atoms with Crippen LogP contribution >= 0.6 is 0 Å². The number of benzene rings is 1. The van der Waals surface area contributed by atoms with Crippen LogP contribution in [-0.2, 0) is 13.0 Å². The topological polar surface area (TPSA) is 44.3 Å². The third-order valence-electron chi connectivity index (χ3n) is 5.98. The maximum atomic E-state index is 9.61. The Morgan fingerprint density at radius 2 is 1.96 bits per heavy atom. The Labute approximate surface area is 147 Å². The van der Waals surface area contributed by atoms with E-state index in [-0.39, 0.29) is 0 Å². The maximum absolute atomic E-state index is 9.61. The van der Waals surface area contributed by atoms with Gasteiger partial charge in [0.2, 0.25) is 0 Å². The molecule has 0 aromatic heterocycles. The van der Waals surface area contributed by atoms with Gasteiger partial charge in [-0.05, 0) is 47.9 Å². The zero-order valence-electron chi connectivity index (χ0n) is 15.4. The van der Waals surface area contributed by atoms with Gasteiger partial charge in [0.05, 0.1) is 0 Å². The molecule has 3 heteroatoms. The molecule has 1 aromatic rings. The van der Waals surface area contributed by atoms with Crippen molar-refractivity contribution in [3.8, 4) is 5.75 Å². The Morgan fingerprint density at radius 3 is 2.71 bits per heavy atom. The van der Waals surface area contributed by atoms with Crippen molar-refractivity contribution in [2.45, 2.75) is 77.4 Å². The lowest BCUT2D eigenvalue weighted by Crippen LogP contribution is -2.47. The average Bonchev–Trinajstić information content (AvgIpc) is 2.59. The number of aromatic hydroxyl groups is 1.